The van der Waals surface area contributed by atoms with Crippen LogP contribution in [0.5, 0.6) is 0 Å². The van der Waals surface area contributed by atoms with E-state index in [0.717, 1.165) is 41.0 Å². The van der Waals surface area contributed by atoms with Crippen LogP contribution in [0.1, 0.15) is 53.0 Å². The van der Waals surface area contributed by atoms with E-state index >= 15 is 0 Å². The topological polar surface area (TPSA) is 82.4 Å². The average Bonchev–Trinajstić information content (AvgIpc) is 3.52. The number of nitrogens with zero attached hydrogens (tertiary/aromatic N) is 2. The lowest BCUT2D eigenvalue weighted by atomic mass is 9.94. The van der Waals surface area contributed by atoms with Crippen molar-refractivity contribution >= 4 is 45.8 Å². The number of thiophene rings is 2. The molecule has 1 fully saturated rings. The third-order valence-corrected chi connectivity index (χ3v) is 7.95. The van der Waals surface area contributed by atoms with E-state index < -0.39 is 0 Å². The third kappa shape index (κ3) is 5.00. The standard InChI is InChI=1S/C23H25N3O3S2/c1-26(15-5-2-3-6-15)23(28)29-16-8-10-18-19(14-24)22(31-20(18)13-16)25-21(27)11-9-17-7-4-12-30-17/h4,7,9,11-12,15-16H,2-3,5-6,8,10,13H2,1H3,(H,25,27). The molecule has 0 aliphatic heterocycles. The van der Waals surface area contributed by atoms with Gasteiger partial charge < -0.3 is 15.0 Å². The fourth-order valence-electron chi connectivity index (χ4n) is 4.23. The highest BCUT2D eigenvalue weighted by Crippen LogP contribution is 2.38. The van der Waals surface area contributed by atoms with Gasteiger partial charge in [-0.15, -0.1) is 22.7 Å². The van der Waals surface area contributed by atoms with Crippen molar-refractivity contribution in [3.8, 4) is 6.07 Å². The first-order valence-electron chi connectivity index (χ1n) is 10.6. The third-order valence-electron chi connectivity index (χ3n) is 5.94. The van der Waals surface area contributed by atoms with Crippen LogP contribution in [0.4, 0.5) is 9.80 Å². The minimum atomic E-state index is -0.260. The lowest BCUT2D eigenvalue weighted by Crippen LogP contribution is -2.38. The van der Waals surface area contributed by atoms with Gasteiger partial charge in [0, 0.05) is 35.3 Å². The highest BCUT2D eigenvalue weighted by Gasteiger charge is 2.31. The quantitative estimate of drug-likeness (QED) is 0.628. The summed E-state index contributed by atoms with van der Waals surface area (Å²) in [7, 11) is 1.82. The molecule has 2 aliphatic carbocycles. The Balaban J connectivity index is 1.40. The Kier molecular flexibility index (Phi) is 6.73. The predicted octanol–water partition coefficient (Wildman–Crippen LogP) is 5.20. The van der Waals surface area contributed by atoms with Gasteiger partial charge in [-0.3, -0.25) is 4.79 Å². The number of carbonyl (C=O) groups is 2. The van der Waals surface area contributed by atoms with Crippen molar-refractivity contribution in [1.82, 2.24) is 4.90 Å². The van der Waals surface area contributed by atoms with Gasteiger partial charge in [0.15, 0.2) is 0 Å². The highest BCUT2D eigenvalue weighted by molar-refractivity contribution is 7.16. The Hall–Kier alpha value is -2.63. The zero-order valence-corrected chi connectivity index (χ0v) is 19.1. The molecule has 0 saturated heterocycles. The van der Waals surface area contributed by atoms with E-state index in [-0.39, 0.29) is 24.1 Å². The van der Waals surface area contributed by atoms with Gasteiger partial charge >= 0.3 is 6.09 Å². The van der Waals surface area contributed by atoms with Crippen molar-refractivity contribution in [1.29, 1.82) is 5.26 Å². The number of nitriles is 1. The molecule has 2 amide bonds. The summed E-state index contributed by atoms with van der Waals surface area (Å²) in [4.78, 5) is 28.6. The number of amides is 2. The smallest absolute Gasteiger partial charge is 0.410 e. The van der Waals surface area contributed by atoms with E-state index in [1.54, 1.807) is 22.3 Å². The van der Waals surface area contributed by atoms with Crippen LogP contribution in [0.25, 0.3) is 6.08 Å². The molecule has 162 valence electrons. The van der Waals surface area contributed by atoms with Gasteiger partial charge in [0.25, 0.3) is 0 Å². The molecule has 0 aromatic carbocycles. The Labute approximate surface area is 190 Å². The number of rotatable bonds is 5. The van der Waals surface area contributed by atoms with E-state index in [1.165, 1.54) is 17.4 Å². The number of nitrogens with one attached hydrogen (secondary N) is 1. The molecule has 4 rings (SSSR count). The summed E-state index contributed by atoms with van der Waals surface area (Å²) >= 11 is 2.97. The fraction of sp³-hybridized carbons (Fsp3) is 0.435. The molecule has 0 spiro atoms. The maximum absolute atomic E-state index is 12.5. The minimum Gasteiger partial charge on any atom is -0.446 e. The summed E-state index contributed by atoms with van der Waals surface area (Å²) in [6, 6.07) is 6.39. The number of hydrogen-bond donors (Lipinski definition) is 1. The lowest BCUT2D eigenvalue weighted by molar-refractivity contribution is -0.111. The van der Waals surface area contributed by atoms with Crippen molar-refractivity contribution < 1.29 is 14.3 Å². The van der Waals surface area contributed by atoms with Crippen LogP contribution in [0, 0.1) is 11.3 Å². The molecular formula is C23H25N3O3S2. The molecule has 2 aliphatic rings. The lowest BCUT2D eigenvalue weighted by Gasteiger charge is -2.28. The van der Waals surface area contributed by atoms with Crippen molar-refractivity contribution in [2.24, 2.45) is 0 Å². The van der Waals surface area contributed by atoms with Crippen molar-refractivity contribution in [3.05, 3.63) is 44.5 Å². The summed E-state index contributed by atoms with van der Waals surface area (Å²) in [5, 5.41) is 15.0. The van der Waals surface area contributed by atoms with E-state index in [2.05, 4.69) is 11.4 Å². The first-order chi connectivity index (χ1) is 15.0. The van der Waals surface area contributed by atoms with Crippen LogP contribution in [-0.4, -0.2) is 36.1 Å². The molecule has 8 heteroatoms. The van der Waals surface area contributed by atoms with Crippen molar-refractivity contribution in [2.45, 2.75) is 57.1 Å². The molecule has 2 aromatic rings. The van der Waals surface area contributed by atoms with Crippen molar-refractivity contribution in [3.63, 3.8) is 0 Å². The van der Waals surface area contributed by atoms with Crippen molar-refractivity contribution in [2.75, 3.05) is 12.4 Å². The summed E-state index contributed by atoms with van der Waals surface area (Å²) in [6.45, 7) is 0. The Morgan fingerprint density at radius 3 is 2.84 bits per heavy atom. The largest absolute Gasteiger partial charge is 0.446 e. The van der Waals surface area contributed by atoms with E-state index in [9.17, 15) is 14.9 Å². The summed E-state index contributed by atoms with van der Waals surface area (Å²) in [5.41, 5.74) is 1.51. The van der Waals surface area contributed by atoms with Crippen LogP contribution in [0.2, 0.25) is 0 Å². The fourth-order valence-corrected chi connectivity index (χ4v) is 6.11. The second-order valence-electron chi connectivity index (χ2n) is 7.96. The average molecular weight is 456 g/mol. The molecule has 31 heavy (non-hydrogen) atoms. The summed E-state index contributed by atoms with van der Waals surface area (Å²) < 4.78 is 5.78. The maximum Gasteiger partial charge on any atom is 0.410 e. The number of anilines is 1. The van der Waals surface area contributed by atoms with Gasteiger partial charge in [0.1, 0.15) is 17.2 Å². The van der Waals surface area contributed by atoms with Gasteiger partial charge in [-0.05, 0) is 48.8 Å². The summed E-state index contributed by atoms with van der Waals surface area (Å²) in [5.74, 6) is -0.260. The minimum absolute atomic E-state index is 0.198. The van der Waals surface area contributed by atoms with Crippen LogP contribution in [0.15, 0.2) is 23.6 Å². The number of ether oxygens (including phenoxy) is 1. The van der Waals surface area contributed by atoms with Crippen LogP contribution < -0.4 is 5.32 Å². The monoisotopic (exact) mass is 455 g/mol. The van der Waals surface area contributed by atoms with Gasteiger partial charge in [0.05, 0.1) is 5.56 Å². The van der Waals surface area contributed by atoms with Gasteiger partial charge in [-0.1, -0.05) is 18.9 Å². The molecular weight excluding hydrogens is 430 g/mol. The molecule has 6 nitrogen and oxygen atoms in total. The normalized spacial score (nSPS) is 18.5. The van der Waals surface area contributed by atoms with Gasteiger partial charge in [-0.25, -0.2) is 4.79 Å². The Morgan fingerprint density at radius 2 is 2.13 bits per heavy atom. The number of hydrogen-bond acceptors (Lipinski definition) is 6. The van der Waals surface area contributed by atoms with E-state index in [0.29, 0.717) is 29.8 Å². The highest BCUT2D eigenvalue weighted by atomic mass is 32.1. The zero-order chi connectivity index (χ0) is 21.8. The van der Waals surface area contributed by atoms with Crippen LogP contribution >= 0.6 is 22.7 Å². The molecule has 1 atom stereocenters. The van der Waals surface area contributed by atoms with Crippen LogP contribution in [-0.2, 0) is 22.4 Å². The summed E-state index contributed by atoms with van der Waals surface area (Å²) in [6.07, 6.45) is 9.14. The van der Waals surface area contributed by atoms with Gasteiger partial charge in [0.2, 0.25) is 5.91 Å². The number of carbonyl (C=O) groups excluding carboxylic acids is 2. The number of fused-ring (bicyclic) bond motifs is 1. The molecule has 0 bridgehead atoms. The van der Waals surface area contributed by atoms with Crippen LogP contribution in [0.3, 0.4) is 0 Å². The Morgan fingerprint density at radius 1 is 1.32 bits per heavy atom. The Bertz CT molecular complexity index is 1010. The molecule has 1 N–H and O–H groups in total. The molecule has 2 heterocycles. The first-order valence-corrected chi connectivity index (χ1v) is 12.3. The second-order valence-corrected chi connectivity index (χ2v) is 10.0. The molecule has 1 unspecified atom stereocenters. The molecule has 0 radical (unpaired) electrons. The SMILES string of the molecule is CN(C(=O)OC1CCc2c(sc(NC(=O)C=Cc3cccs3)c2C#N)C1)C1CCCC1. The molecule has 1 saturated carbocycles. The first kappa shape index (κ1) is 21.6. The van der Waals surface area contributed by atoms with Gasteiger partial charge in [-0.2, -0.15) is 5.26 Å². The zero-order valence-electron chi connectivity index (χ0n) is 17.4. The predicted molar refractivity (Wildman–Crippen MR) is 123 cm³/mol. The molecule has 2 aromatic heterocycles. The van der Waals surface area contributed by atoms with E-state index in [4.69, 9.17) is 4.74 Å². The maximum atomic E-state index is 12.5. The second kappa shape index (κ2) is 9.67. The van der Waals surface area contributed by atoms with E-state index in [1.807, 2.05) is 24.6 Å².